The Morgan fingerprint density at radius 2 is 2.06 bits per heavy atom. The molecule has 3 atom stereocenters. The van der Waals surface area contributed by atoms with E-state index in [9.17, 15) is 21.6 Å². The molecule has 2 aliphatic heterocycles. The highest BCUT2D eigenvalue weighted by atomic mass is 32.2. The minimum Gasteiger partial charge on any atom is -0.475 e. The van der Waals surface area contributed by atoms with Crippen LogP contribution in [0.3, 0.4) is 0 Å². The third-order valence-corrected chi connectivity index (χ3v) is 6.71. The zero-order valence-electron chi connectivity index (χ0n) is 16.2. The predicted octanol–water partition coefficient (Wildman–Crippen LogP) is 1.74. The molecule has 2 aromatic rings. The van der Waals surface area contributed by atoms with Crippen LogP contribution in [-0.4, -0.2) is 70.4 Å². The van der Waals surface area contributed by atoms with Gasteiger partial charge in [0.1, 0.15) is 4.90 Å². The number of piperidine rings is 1. The Morgan fingerprint density at radius 3 is 2.61 bits per heavy atom. The first-order chi connectivity index (χ1) is 14.5. The Balaban J connectivity index is 0.000000339. The SMILES string of the molecule is Cc1noc([C@H]2C[C@H]3OCC[C@H]3N(S(=O)(=O)c3cccnc3)C2)n1.O=C(O)C(F)(F)F. The number of carboxylic acid groups (broad SMARTS) is 1. The van der Waals surface area contributed by atoms with E-state index in [0.29, 0.717) is 37.7 Å². The average molecular weight is 464 g/mol. The van der Waals surface area contributed by atoms with Crippen LogP contribution < -0.4 is 0 Å². The van der Waals surface area contributed by atoms with Crippen molar-refractivity contribution < 1.29 is 40.8 Å². The highest BCUT2D eigenvalue weighted by Gasteiger charge is 2.47. The Labute approximate surface area is 175 Å². The van der Waals surface area contributed by atoms with Crippen molar-refractivity contribution in [3.05, 3.63) is 36.2 Å². The van der Waals surface area contributed by atoms with Crippen LogP contribution in [0, 0.1) is 6.92 Å². The second-order valence-electron chi connectivity index (χ2n) is 6.94. The highest BCUT2D eigenvalue weighted by molar-refractivity contribution is 7.89. The van der Waals surface area contributed by atoms with Gasteiger partial charge in [0, 0.05) is 25.5 Å². The fraction of sp³-hybridized carbons (Fsp3) is 0.529. The van der Waals surface area contributed by atoms with Crippen LogP contribution in [0.15, 0.2) is 33.9 Å². The van der Waals surface area contributed by atoms with Gasteiger partial charge in [-0.2, -0.15) is 22.5 Å². The van der Waals surface area contributed by atoms with E-state index in [1.807, 2.05) is 0 Å². The monoisotopic (exact) mass is 464 g/mol. The second-order valence-corrected chi connectivity index (χ2v) is 8.83. The molecule has 4 rings (SSSR count). The Hall–Kier alpha value is -2.58. The van der Waals surface area contributed by atoms with Crippen LogP contribution in [0.1, 0.15) is 30.5 Å². The number of hydrogen-bond acceptors (Lipinski definition) is 8. The number of carboxylic acids is 1. The van der Waals surface area contributed by atoms with Crippen LogP contribution in [0.5, 0.6) is 0 Å². The van der Waals surface area contributed by atoms with Crippen LogP contribution >= 0.6 is 0 Å². The van der Waals surface area contributed by atoms with E-state index in [-0.39, 0.29) is 23.0 Å². The minimum absolute atomic E-state index is 0.151. The summed E-state index contributed by atoms with van der Waals surface area (Å²) in [4.78, 5) is 17.3. The van der Waals surface area contributed by atoms with Crippen LogP contribution in [0.2, 0.25) is 0 Å². The molecule has 0 aromatic carbocycles. The van der Waals surface area contributed by atoms with Gasteiger partial charge < -0.3 is 14.4 Å². The van der Waals surface area contributed by atoms with Crippen LogP contribution in [-0.2, 0) is 19.6 Å². The molecule has 2 saturated heterocycles. The van der Waals surface area contributed by atoms with Crippen molar-refractivity contribution in [3.63, 3.8) is 0 Å². The summed E-state index contributed by atoms with van der Waals surface area (Å²) in [5.74, 6) is -1.92. The van der Waals surface area contributed by atoms with Crippen molar-refractivity contribution in [1.29, 1.82) is 0 Å². The number of halogens is 3. The highest BCUT2D eigenvalue weighted by Crippen LogP contribution is 2.38. The van der Waals surface area contributed by atoms with E-state index in [4.69, 9.17) is 19.2 Å². The van der Waals surface area contributed by atoms with E-state index in [1.54, 1.807) is 25.3 Å². The number of nitrogens with zero attached hydrogens (tertiary/aromatic N) is 4. The third kappa shape index (κ3) is 5.19. The normalized spacial score (nSPS) is 24.2. The predicted molar refractivity (Wildman–Crippen MR) is 96.4 cm³/mol. The van der Waals surface area contributed by atoms with E-state index in [1.165, 1.54) is 10.5 Å². The van der Waals surface area contributed by atoms with Crippen molar-refractivity contribution in [1.82, 2.24) is 19.4 Å². The molecule has 0 unspecified atom stereocenters. The molecule has 14 heteroatoms. The summed E-state index contributed by atoms with van der Waals surface area (Å²) in [5.41, 5.74) is 0. The van der Waals surface area contributed by atoms with Gasteiger partial charge in [-0.1, -0.05) is 5.16 Å². The summed E-state index contributed by atoms with van der Waals surface area (Å²) in [6, 6.07) is 3.03. The molecular weight excluding hydrogens is 445 g/mol. The fourth-order valence-electron chi connectivity index (χ4n) is 3.47. The third-order valence-electron chi connectivity index (χ3n) is 4.84. The minimum atomic E-state index is -5.08. The molecule has 31 heavy (non-hydrogen) atoms. The Kier molecular flexibility index (Phi) is 6.62. The Bertz CT molecular complexity index is 1010. The van der Waals surface area contributed by atoms with Crippen LogP contribution in [0.25, 0.3) is 0 Å². The second kappa shape index (κ2) is 8.88. The van der Waals surface area contributed by atoms with Crippen molar-refractivity contribution in [2.45, 2.75) is 48.9 Å². The van der Waals surface area contributed by atoms with Gasteiger partial charge in [0.15, 0.2) is 5.82 Å². The van der Waals surface area contributed by atoms with Gasteiger partial charge in [-0.15, -0.1) is 0 Å². The maximum absolute atomic E-state index is 13.1. The average Bonchev–Trinajstić information content (AvgIpc) is 3.36. The zero-order valence-corrected chi connectivity index (χ0v) is 17.0. The number of aliphatic carboxylic acids is 1. The lowest BCUT2D eigenvalue weighted by molar-refractivity contribution is -0.192. The molecule has 0 aliphatic carbocycles. The fourth-order valence-corrected chi connectivity index (χ4v) is 5.16. The molecule has 0 radical (unpaired) electrons. The lowest BCUT2D eigenvalue weighted by Crippen LogP contribution is -2.51. The van der Waals surface area contributed by atoms with Gasteiger partial charge >= 0.3 is 12.1 Å². The maximum atomic E-state index is 13.1. The standard InChI is InChI=1S/C15H18N4O4S.C2HF3O2/c1-10-17-15(23-18-10)11-7-14-13(4-6-22-14)19(9-11)24(20,21)12-3-2-5-16-8-12;3-2(4,5)1(6)7/h2-3,5,8,11,13-14H,4,6-7,9H2,1H3;(H,6,7)/t11-,13+,14+;/m0./s1. The molecule has 0 saturated carbocycles. The summed E-state index contributed by atoms with van der Waals surface area (Å²) >= 11 is 0. The molecule has 0 amide bonds. The van der Waals surface area contributed by atoms with Gasteiger partial charge in [0.2, 0.25) is 15.9 Å². The number of rotatable bonds is 3. The van der Waals surface area contributed by atoms with E-state index in [2.05, 4.69) is 15.1 Å². The smallest absolute Gasteiger partial charge is 0.475 e. The molecular formula is C17H19F3N4O6S. The first-order valence-corrected chi connectivity index (χ1v) is 10.6. The van der Waals surface area contributed by atoms with Gasteiger partial charge in [-0.3, -0.25) is 4.98 Å². The number of carbonyl (C=O) groups is 1. The molecule has 0 spiro atoms. The summed E-state index contributed by atoms with van der Waals surface area (Å²) in [6.07, 6.45) is -0.922. The van der Waals surface area contributed by atoms with E-state index in [0.717, 1.165) is 0 Å². The molecule has 2 aliphatic rings. The van der Waals surface area contributed by atoms with Crippen molar-refractivity contribution in [2.75, 3.05) is 13.2 Å². The maximum Gasteiger partial charge on any atom is 0.490 e. The molecule has 0 bridgehead atoms. The number of alkyl halides is 3. The Morgan fingerprint density at radius 1 is 1.35 bits per heavy atom. The first-order valence-electron chi connectivity index (χ1n) is 9.14. The molecule has 170 valence electrons. The number of sulfonamides is 1. The number of ether oxygens (including phenoxy) is 1. The van der Waals surface area contributed by atoms with Gasteiger partial charge in [0.05, 0.1) is 18.1 Å². The lowest BCUT2D eigenvalue weighted by Gasteiger charge is -2.38. The molecule has 10 nitrogen and oxygen atoms in total. The van der Waals surface area contributed by atoms with Gasteiger partial charge in [-0.25, -0.2) is 13.2 Å². The molecule has 1 N–H and O–H groups in total. The van der Waals surface area contributed by atoms with Gasteiger partial charge in [-0.05, 0) is 31.9 Å². The number of hydrogen-bond donors (Lipinski definition) is 1. The van der Waals surface area contributed by atoms with Crippen molar-refractivity contribution in [2.24, 2.45) is 0 Å². The molecule has 4 heterocycles. The number of pyridine rings is 1. The molecule has 2 aromatic heterocycles. The van der Waals surface area contributed by atoms with Crippen molar-refractivity contribution in [3.8, 4) is 0 Å². The van der Waals surface area contributed by atoms with Crippen LogP contribution in [0.4, 0.5) is 13.2 Å². The van der Waals surface area contributed by atoms with Gasteiger partial charge in [0.25, 0.3) is 0 Å². The summed E-state index contributed by atoms with van der Waals surface area (Å²) in [6.45, 7) is 2.61. The van der Waals surface area contributed by atoms with E-state index >= 15 is 0 Å². The number of aryl methyl sites for hydroxylation is 1. The zero-order chi connectivity index (χ0) is 22.8. The molecule has 2 fully saturated rings. The van der Waals surface area contributed by atoms with E-state index < -0.39 is 22.2 Å². The first kappa shape index (κ1) is 23.1. The number of fused-ring (bicyclic) bond motifs is 1. The largest absolute Gasteiger partial charge is 0.490 e. The summed E-state index contributed by atoms with van der Waals surface area (Å²) in [5, 5.41) is 10.9. The summed E-state index contributed by atoms with van der Waals surface area (Å²) < 4.78 is 70.4. The summed E-state index contributed by atoms with van der Waals surface area (Å²) in [7, 11) is -3.65. The lowest BCUT2D eigenvalue weighted by atomic mass is 9.92. The topological polar surface area (TPSA) is 136 Å². The number of aromatic nitrogens is 3. The van der Waals surface area contributed by atoms with Crippen molar-refractivity contribution >= 4 is 16.0 Å². The quantitative estimate of drug-likeness (QED) is 0.720.